The second-order valence-electron chi connectivity index (χ2n) is 9.85. The van der Waals surface area contributed by atoms with Crippen LogP contribution in [0.1, 0.15) is 50.7 Å². The van der Waals surface area contributed by atoms with Crippen molar-refractivity contribution < 1.29 is 33.4 Å². The predicted molar refractivity (Wildman–Crippen MR) is 155 cm³/mol. The van der Waals surface area contributed by atoms with Gasteiger partial charge in [0.15, 0.2) is 0 Å². The van der Waals surface area contributed by atoms with Crippen molar-refractivity contribution in [1.29, 1.82) is 5.26 Å². The van der Waals surface area contributed by atoms with Crippen LogP contribution in [0.4, 0.5) is 20.6 Å². The third-order valence-electron chi connectivity index (χ3n) is 7.02. The lowest BCUT2D eigenvalue weighted by molar-refractivity contribution is -0.137. The number of nitrogens with one attached hydrogen (secondary N) is 2. The Morgan fingerprint density at radius 1 is 0.977 bits per heavy atom. The summed E-state index contributed by atoms with van der Waals surface area (Å²) < 4.78 is 18.2. The number of hydrogen-bond acceptors (Lipinski definition) is 7. The third kappa shape index (κ3) is 7.85. The summed E-state index contributed by atoms with van der Waals surface area (Å²) in [4.78, 5) is 53.7. The summed E-state index contributed by atoms with van der Waals surface area (Å²) in [5, 5.41) is 23.7. The van der Waals surface area contributed by atoms with Gasteiger partial charge in [0.2, 0.25) is 0 Å². The Morgan fingerprint density at radius 2 is 1.67 bits per heavy atom. The molecule has 1 fully saturated rings. The molecule has 3 aromatic carbocycles. The molecule has 4 rings (SSSR count). The lowest BCUT2D eigenvalue weighted by atomic mass is 10.0. The average Bonchev–Trinajstić information content (AvgIpc) is 3.27. The molecule has 1 aliphatic heterocycles. The number of ether oxygens (including phenoxy) is 1. The molecule has 0 aliphatic carbocycles. The number of nitrogens with zero attached hydrogens (tertiary/aromatic N) is 3. The van der Waals surface area contributed by atoms with E-state index in [9.17, 15) is 28.7 Å². The summed E-state index contributed by atoms with van der Waals surface area (Å²) in [7, 11) is 1.21. The van der Waals surface area contributed by atoms with E-state index in [1.165, 1.54) is 37.4 Å². The zero-order valence-electron chi connectivity index (χ0n) is 23.4. The highest BCUT2D eigenvalue weighted by Gasteiger charge is 2.24. The summed E-state index contributed by atoms with van der Waals surface area (Å²) in [5.41, 5.74) is 2.43. The van der Waals surface area contributed by atoms with Crippen molar-refractivity contribution in [3.05, 3.63) is 94.8 Å². The smallest absolute Gasteiger partial charge is 0.411 e. The number of methoxy groups -OCH3 is 1. The summed E-state index contributed by atoms with van der Waals surface area (Å²) in [6.07, 6.45) is -0.536. The number of benzene rings is 3. The molecule has 12 heteroatoms. The first-order valence-electron chi connectivity index (χ1n) is 13.5. The normalized spacial score (nSPS) is 13.7. The molecular weight excluding hydrogens is 557 g/mol. The standard InChI is InChI=1S/C31H30FN5O6/c1-43-31(42)35-26-17-23(29(40)34-25(18-28(38)39)21-7-10-24(32)11-8-21)9-12-27(26)36-13-2-14-37(16-15-36)30(41)22-5-3-20(19-33)4-6-22/h3-12,17,25H,2,13-16,18H2,1H3,(H,34,40)(H,35,42)(H,38,39). The van der Waals surface area contributed by atoms with Crippen LogP contribution in [-0.2, 0) is 9.53 Å². The number of carboxylic acid groups (broad SMARTS) is 1. The minimum atomic E-state index is -1.15. The number of carbonyl (C=O) groups is 4. The Labute approximate surface area is 247 Å². The largest absolute Gasteiger partial charge is 0.481 e. The molecule has 0 aromatic heterocycles. The monoisotopic (exact) mass is 587 g/mol. The number of aliphatic carboxylic acids is 1. The molecule has 0 spiro atoms. The van der Waals surface area contributed by atoms with Gasteiger partial charge in [-0.2, -0.15) is 5.26 Å². The molecule has 1 heterocycles. The molecule has 1 atom stereocenters. The van der Waals surface area contributed by atoms with E-state index in [0.717, 1.165) is 0 Å². The van der Waals surface area contributed by atoms with E-state index in [1.807, 2.05) is 11.0 Å². The Morgan fingerprint density at radius 3 is 2.33 bits per heavy atom. The molecule has 11 nitrogen and oxygen atoms in total. The number of carboxylic acids is 1. The molecular formula is C31H30FN5O6. The van der Waals surface area contributed by atoms with E-state index in [4.69, 9.17) is 10.00 Å². The van der Waals surface area contributed by atoms with Crippen molar-refractivity contribution in [2.45, 2.75) is 18.9 Å². The summed E-state index contributed by atoms with van der Waals surface area (Å²) in [6.45, 7) is 1.90. The van der Waals surface area contributed by atoms with E-state index in [-0.39, 0.29) is 11.5 Å². The van der Waals surface area contributed by atoms with Gasteiger partial charge >= 0.3 is 12.1 Å². The van der Waals surface area contributed by atoms with Crippen LogP contribution in [0.2, 0.25) is 0 Å². The van der Waals surface area contributed by atoms with Crippen molar-refractivity contribution in [2.24, 2.45) is 0 Å². The number of carbonyl (C=O) groups excluding carboxylic acids is 3. The van der Waals surface area contributed by atoms with Gasteiger partial charge in [-0.25, -0.2) is 9.18 Å². The lowest BCUT2D eigenvalue weighted by Gasteiger charge is -2.26. The maximum absolute atomic E-state index is 13.4. The topological polar surface area (TPSA) is 152 Å². The molecule has 0 bridgehead atoms. The van der Waals surface area contributed by atoms with Crippen molar-refractivity contribution in [2.75, 3.05) is 43.5 Å². The number of rotatable bonds is 8. The van der Waals surface area contributed by atoms with E-state index in [0.29, 0.717) is 60.7 Å². The number of nitriles is 1. The molecule has 222 valence electrons. The molecule has 3 aromatic rings. The van der Waals surface area contributed by atoms with Crippen LogP contribution in [0.25, 0.3) is 0 Å². The van der Waals surface area contributed by atoms with Crippen LogP contribution < -0.4 is 15.5 Å². The minimum absolute atomic E-state index is 0.150. The first kappa shape index (κ1) is 30.5. The van der Waals surface area contributed by atoms with Crippen LogP contribution in [0.5, 0.6) is 0 Å². The zero-order valence-corrected chi connectivity index (χ0v) is 23.4. The van der Waals surface area contributed by atoms with Gasteiger partial charge in [-0.1, -0.05) is 12.1 Å². The minimum Gasteiger partial charge on any atom is -0.481 e. The fraction of sp³-hybridized carbons (Fsp3) is 0.258. The second-order valence-corrected chi connectivity index (χ2v) is 9.85. The molecule has 0 radical (unpaired) electrons. The number of halogens is 1. The highest BCUT2D eigenvalue weighted by Crippen LogP contribution is 2.29. The molecule has 43 heavy (non-hydrogen) atoms. The van der Waals surface area contributed by atoms with Gasteiger partial charge in [0.05, 0.1) is 42.6 Å². The number of anilines is 2. The molecule has 3 N–H and O–H groups in total. The molecule has 1 aliphatic rings. The van der Waals surface area contributed by atoms with Crippen molar-refractivity contribution in [3.8, 4) is 6.07 Å². The van der Waals surface area contributed by atoms with Crippen LogP contribution in [0.15, 0.2) is 66.7 Å². The first-order chi connectivity index (χ1) is 20.7. The van der Waals surface area contributed by atoms with E-state index >= 15 is 0 Å². The van der Waals surface area contributed by atoms with Crippen molar-refractivity contribution in [1.82, 2.24) is 10.2 Å². The van der Waals surface area contributed by atoms with Gasteiger partial charge in [0.1, 0.15) is 5.82 Å². The third-order valence-corrected chi connectivity index (χ3v) is 7.02. The van der Waals surface area contributed by atoms with Crippen LogP contribution in [-0.4, -0.2) is 67.2 Å². The Kier molecular flexibility index (Phi) is 9.90. The highest BCUT2D eigenvalue weighted by molar-refractivity contribution is 5.99. The van der Waals surface area contributed by atoms with E-state index < -0.39 is 36.2 Å². The summed E-state index contributed by atoms with van der Waals surface area (Å²) in [5.74, 6) is -2.38. The van der Waals surface area contributed by atoms with Gasteiger partial charge in [0.25, 0.3) is 11.8 Å². The van der Waals surface area contributed by atoms with Crippen molar-refractivity contribution in [3.63, 3.8) is 0 Å². The lowest BCUT2D eigenvalue weighted by Crippen LogP contribution is -2.35. The molecule has 1 unspecified atom stereocenters. The summed E-state index contributed by atoms with van der Waals surface area (Å²) >= 11 is 0. The fourth-order valence-electron chi connectivity index (χ4n) is 4.81. The van der Waals surface area contributed by atoms with Crippen LogP contribution in [0, 0.1) is 17.1 Å². The van der Waals surface area contributed by atoms with Gasteiger partial charge in [-0.15, -0.1) is 0 Å². The number of amides is 3. The number of hydrogen-bond donors (Lipinski definition) is 3. The van der Waals surface area contributed by atoms with Gasteiger partial charge < -0.3 is 25.0 Å². The first-order valence-corrected chi connectivity index (χ1v) is 13.5. The SMILES string of the molecule is COC(=O)Nc1cc(C(=O)NC(CC(=O)O)c2ccc(F)cc2)ccc1N1CCCN(C(=O)c2ccc(C#N)cc2)CC1. The Hall–Kier alpha value is -5.44. The second kappa shape index (κ2) is 14.0. The Bertz CT molecular complexity index is 1540. The summed E-state index contributed by atoms with van der Waals surface area (Å²) in [6, 6.07) is 17.4. The highest BCUT2D eigenvalue weighted by atomic mass is 19.1. The quantitative estimate of drug-likeness (QED) is 0.355. The van der Waals surface area contributed by atoms with Crippen molar-refractivity contribution >= 4 is 35.3 Å². The maximum Gasteiger partial charge on any atom is 0.411 e. The zero-order chi connectivity index (χ0) is 30.9. The Balaban J connectivity index is 1.53. The van der Waals surface area contributed by atoms with E-state index in [2.05, 4.69) is 10.6 Å². The molecule has 0 saturated carbocycles. The van der Waals surface area contributed by atoms with Gasteiger partial charge in [0, 0.05) is 37.3 Å². The molecule has 1 saturated heterocycles. The van der Waals surface area contributed by atoms with E-state index in [1.54, 1.807) is 41.3 Å². The van der Waals surface area contributed by atoms with Crippen LogP contribution in [0.3, 0.4) is 0 Å². The predicted octanol–water partition coefficient (Wildman–Crippen LogP) is 4.17. The van der Waals surface area contributed by atoms with Gasteiger partial charge in [-0.3, -0.25) is 19.7 Å². The molecule has 3 amide bonds. The fourth-order valence-corrected chi connectivity index (χ4v) is 4.81. The average molecular weight is 588 g/mol. The van der Waals surface area contributed by atoms with Gasteiger partial charge in [-0.05, 0) is 66.6 Å². The van der Waals surface area contributed by atoms with Crippen LogP contribution >= 0.6 is 0 Å². The maximum atomic E-state index is 13.4.